The molecule has 32 heavy (non-hydrogen) atoms. The number of rotatable bonds is 14. The average Bonchev–Trinajstić information content (AvgIpc) is 2.99. The maximum Gasteiger partial charge on any atom is 0.233 e. The van der Waals surface area contributed by atoms with Gasteiger partial charge in [-0.2, -0.15) is 0 Å². The second-order valence-electron chi connectivity index (χ2n) is 8.80. The summed E-state index contributed by atoms with van der Waals surface area (Å²) in [6, 6.07) is 9.94. The minimum Gasteiger partial charge on any atom is -0.393 e. The summed E-state index contributed by atoms with van der Waals surface area (Å²) in [4.78, 5) is 12.6. The van der Waals surface area contributed by atoms with E-state index in [0.717, 1.165) is 36.8 Å². The number of carbonyl (C=O) groups is 1. The summed E-state index contributed by atoms with van der Waals surface area (Å²) in [5.41, 5.74) is 0. The number of thioether (sulfide) groups is 1. The lowest BCUT2D eigenvalue weighted by molar-refractivity contribution is -0.119. The van der Waals surface area contributed by atoms with Gasteiger partial charge in [0.15, 0.2) is 0 Å². The van der Waals surface area contributed by atoms with Crippen molar-refractivity contribution < 1.29 is 28.5 Å². The Labute approximate surface area is 196 Å². The second-order valence-corrected chi connectivity index (χ2v) is 11.6. The molecule has 1 aromatic carbocycles. The number of aliphatic hydroxyl groups is 3. The molecule has 182 valence electrons. The van der Waals surface area contributed by atoms with Gasteiger partial charge in [0.1, 0.15) is 0 Å². The largest absolute Gasteiger partial charge is 0.393 e. The quantitative estimate of drug-likeness (QED) is 0.235. The maximum absolute atomic E-state index is 11.5. The number of hydrogen-bond acceptors (Lipinski definition) is 7. The summed E-state index contributed by atoms with van der Waals surface area (Å²) in [5.74, 6) is 0.132. The summed E-state index contributed by atoms with van der Waals surface area (Å²) in [6.07, 6.45) is 5.28. The summed E-state index contributed by atoms with van der Waals surface area (Å²) in [5, 5.41) is 31.2. The summed E-state index contributed by atoms with van der Waals surface area (Å²) in [7, 11) is -3.50. The van der Waals surface area contributed by atoms with Crippen molar-refractivity contribution in [3.8, 4) is 0 Å². The highest BCUT2D eigenvalue weighted by Crippen LogP contribution is 2.39. The van der Waals surface area contributed by atoms with Gasteiger partial charge in [0.2, 0.25) is 15.9 Å². The van der Waals surface area contributed by atoms with E-state index in [1.54, 1.807) is 11.8 Å². The first-order valence-corrected chi connectivity index (χ1v) is 14.3. The predicted molar refractivity (Wildman–Crippen MR) is 127 cm³/mol. The molecule has 9 heteroatoms. The molecule has 1 aliphatic carbocycles. The van der Waals surface area contributed by atoms with Crippen molar-refractivity contribution in [2.75, 3.05) is 12.0 Å². The number of hydrogen-bond donors (Lipinski definition) is 4. The predicted octanol–water partition coefficient (Wildman–Crippen LogP) is 2.69. The lowest BCUT2D eigenvalue weighted by Gasteiger charge is -2.24. The zero-order valence-corrected chi connectivity index (χ0v) is 20.4. The molecule has 0 saturated heterocycles. The molecule has 2 rings (SSSR count). The molecule has 1 fully saturated rings. The van der Waals surface area contributed by atoms with Gasteiger partial charge in [-0.15, -0.1) is 11.8 Å². The van der Waals surface area contributed by atoms with Gasteiger partial charge >= 0.3 is 0 Å². The van der Waals surface area contributed by atoms with Crippen LogP contribution in [0.5, 0.6) is 0 Å². The molecule has 1 aliphatic rings. The number of amides is 1. The first kappa shape index (κ1) is 27.1. The van der Waals surface area contributed by atoms with E-state index in [2.05, 4.69) is 0 Å². The van der Waals surface area contributed by atoms with Crippen LogP contribution in [0.15, 0.2) is 35.2 Å². The zero-order chi connectivity index (χ0) is 23.6. The molecule has 0 heterocycles. The molecule has 4 N–H and O–H groups in total. The van der Waals surface area contributed by atoms with Gasteiger partial charge in [-0.3, -0.25) is 9.52 Å². The van der Waals surface area contributed by atoms with Crippen molar-refractivity contribution in [2.45, 2.75) is 81.0 Å². The Morgan fingerprint density at radius 3 is 2.34 bits per heavy atom. The molecule has 7 nitrogen and oxygen atoms in total. The van der Waals surface area contributed by atoms with E-state index in [9.17, 15) is 28.5 Å². The van der Waals surface area contributed by atoms with E-state index in [1.165, 1.54) is 0 Å². The number of nitrogens with one attached hydrogen (secondary N) is 1. The first-order valence-electron chi connectivity index (χ1n) is 11.4. The van der Waals surface area contributed by atoms with Crippen molar-refractivity contribution in [1.82, 2.24) is 4.72 Å². The van der Waals surface area contributed by atoms with Crippen molar-refractivity contribution in [1.29, 1.82) is 0 Å². The maximum atomic E-state index is 11.5. The molecule has 1 aromatic rings. The van der Waals surface area contributed by atoms with Gasteiger partial charge in [0.05, 0.1) is 24.6 Å². The van der Waals surface area contributed by atoms with Crippen LogP contribution in [0.4, 0.5) is 0 Å². The molecular formula is C23H37NO6S2. The number of benzene rings is 1. The van der Waals surface area contributed by atoms with Gasteiger partial charge in [-0.1, -0.05) is 37.5 Å². The standard InChI is InChI=1S/C23H37NO6S2/c1-32(29,30)24-23(28)12-8-3-2-7-11-19-20(22(27)15-21(19)26)14-13-17(25)16-31-18-9-5-4-6-10-18/h4-6,9-10,17,19-22,25-27H,2-3,7-8,11-16H2,1H3,(H,24,28)/t17?,19-,20-,21+,22-/m1/s1. The van der Waals surface area contributed by atoms with Crippen LogP contribution in [-0.4, -0.2) is 60.0 Å². The molecule has 5 atom stereocenters. The zero-order valence-electron chi connectivity index (χ0n) is 18.7. The van der Waals surface area contributed by atoms with Crippen LogP contribution >= 0.6 is 11.8 Å². The Morgan fingerprint density at radius 2 is 1.69 bits per heavy atom. The topological polar surface area (TPSA) is 124 Å². The van der Waals surface area contributed by atoms with Crippen molar-refractivity contribution >= 4 is 27.7 Å². The molecule has 0 aromatic heterocycles. The van der Waals surface area contributed by atoms with Crippen LogP contribution < -0.4 is 4.72 Å². The molecule has 0 spiro atoms. The van der Waals surface area contributed by atoms with Crippen LogP contribution in [0.3, 0.4) is 0 Å². The molecule has 0 aliphatic heterocycles. The third-order valence-electron chi connectivity index (χ3n) is 6.03. The van der Waals surface area contributed by atoms with Crippen LogP contribution in [0.25, 0.3) is 0 Å². The Hall–Kier alpha value is -1.13. The summed E-state index contributed by atoms with van der Waals surface area (Å²) >= 11 is 1.62. The number of carbonyl (C=O) groups excluding carboxylic acids is 1. The first-order chi connectivity index (χ1) is 15.2. The lowest BCUT2D eigenvalue weighted by atomic mass is 9.85. The fourth-order valence-corrected chi connectivity index (χ4v) is 5.85. The van der Waals surface area contributed by atoms with E-state index in [1.807, 2.05) is 35.1 Å². The van der Waals surface area contributed by atoms with Crippen molar-refractivity contribution in [2.24, 2.45) is 11.8 Å². The number of aliphatic hydroxyl groups excluding tert-OH is 3. The van der Waals surface area contributed by atoms with Crippen molar-refractivity contribution in [3.63, 3.8) is 0 Å². The minimum absolute atomic E-state index is 0.0121. The van der Waals surface area contributed by atoms with Crippen LogP contribution in [0.1, 0.15) is 57.8 Å². The van der Waals surface area contributed by atoms with Crippen LogP contribution in [0.2, 0.25) is 0 Å². The summed E-state index contributed by atoms with van der Waals surface area (Å²) < 4.78 is 24.0. The Kier molecular flexibility index (Phi) is 11.5. The molecule has 0 radical (unpaired) electrons. The van der Waals surface area contributed by atoms with Crippen molar-refractivity contribution in [3.05, 3.63) is 30.3 Å². The van der Waals surface area contributed by atoms with E-state index in [4.69, 9.17) is 0 Å². The second kappa shape index (κ2) is 13.5. The third kappa shape index (κ3) is 10.2. The van der Waals surface area contributed by atoms with Gasteiger partial charge < -0.3 is 15.3 Å². The molecule has 1 amide bonds. The van der Waals surface area contributed by atoms with E-state index in [-0.39, 0.29) is 18.3 Å². The van der Waals surface area contributed by atoms with Crippen LogP contribution in [0, 0.1) is 11.8 Å². The monoisotopic (exact) mass is 487 g/mol. The Bertz CT molecular complexity index is 789. The average molecular weight is 488 g/mol. The highest BCUT2D eigenvalue weighted by Gasteiger charge is 2.40. The molecule has 1 unspecified atom stereocenters. The smallest absolute Gasteiger partial charge is 0.233 e. The SMILES string of the molecule is CS(=O)(=O)NC(=O)CCCCCC[C@@H]1[C@@H](CCC(O)CSc2ccccc2)[C@H](O)C[C@@H]1O. The number of sulfonamides is 1. The van der Waals surface area contributed by atoms with Crippen LogP contribution in [-0.2, 0) is 14.8 Å². The van der Waals surface area contributed by atoms with E-state index in [0.29, 0.717) is 31.4 Å². The lowest BCUT2D eigenvalue weighted by Crippen LogP contribution is -2.28. The third-order valence-corrected chi connectivity index (χ3v) is 7.79. The molecule has 1 saturated carbocycles. The van der Waals surface area contributed by atoms with Gasteiger partial charge in [-0.05, 0) is 56.1 Å². The van der Waals surface area contributed by atoms with E-state index >= 15 is 0 Å². The Balaban J connectivity index is 1.66. The fraction of sp³-hybridized carbons (Fsp3) is 0.696. The van der Waals surface area contributed by atoms with Gasteiger partial charge in [-0.25, -0.2) is 8.42 Å². The normalized spacial score (nSPS) is 24.4. The minimum atomic E-state index is -3.50. The van der Waals surface area contributed by atoms with Gasteiger partial charge in [0, 0.05) is 17.1 Å². The number of unbranched alkanes of at least 4 members (excludes halogenated alkanes) is 3. The summed E-state index contributed by atoms with van der Waals surface area (Å²) in [6.45, 7) is 0. The van der Waals surface area contributed by atoms with E-state index < -0.39 is 34.2 Å². The Morgan fingerprint density at radius 1 is 1.06 bits per heavy atom. The fourth-order valence-electron chi connectivity index (χ4n) is 4.43. The molecular weight excluding hydrogens is 450 g/mol. The van der Waals surface area contributed by atoms with Gasteiger partial charge in [0.25, 0.3) is 0 Å². The highest BCUT2D eigenvalue weighted by atomic mass is 32.2. The highest BCUT2D eigenvalue weighted by molar-refractivity contribution is 7.99. The molecule has 0 bridgehead atoms.